The minimum atomic E-state index is -0.844. The van der Waals surface area contributed by atoms with Crippen molar-refractivity contribution in [2.75, 3.05) is 33.4 Å². The van der Waals surface area contributed by atoms with Crippen LogP contribution in [0.15, 0.2) is 72.8 Å². The lowest BCUT2D eigenvalue weighted by atomic mass is 10.1. The van der Waals surface area contributed by atoms with Gasteiger partial charge in [-0.3, -0.25) is 9.69 Å². The van der Waals surface area contributed by atoms with Crippen molar-refractivity contribution < 1.29 is 28.8 Å². The first-order valence-electron chi connectivity index (χ1n) is 10.9. The Morgan fingerprint density at radius 1 is 0.939 bits per heavy atom. The summed E-state index contributed by atoms with van der Waals surface area (Å²) in [5.41, 5.74) is 1.04. The molecule has 0 amide bonds. The van der Waals surface area contributed by atoms with Gasteiger partial charge in [0.2, 0.25) is 0 Å². The molecule has 4 rings (SSSR count). The predicted octanol–water partition coefficient (Wildman–Crippen LogP) is 4.78. The van der Waals surface area contributed by atoms with Gasteiger partial charge in [0.25, 0.3) is 0 Å². The van der Waals surface area contributed by atoms with E-state index in [9.17, 15) is 4.79 Å². The first kappa shape index (κ1) is 22.5. The highest BCUT2D eigenvalue weighted by molar-refractivity contribution is 5.69. The lowest BCUT2D eigenvalue weighted by Crippen LogP contribution is -2.28. The number of carboxylic acid groups (broad SMARTS) is 1. The zero-order valence-electron chi connectivity index (χ0n) is 18.5. The van der Waals surface area contributed by atoms with Gasteiger partial charge in [0, 0.05) is 19.0 Å². The van der Waals surface area contributed by atoms with Crippen molar-refractivity contribution in [2.45, 2.75) is 12.5 Å². The normalized spacial score (nSPS) is 13.4. The Bertz CT molecular complexity index is 1050. The Labute approximate surface area is 193 Å². The Kier molecular flexibility index (Phi) is 7.32. The minimum Gasteiger partial charge on any atom is -0.486 e. The second kappa shape index (κ2) is 10.7. The summed E-state index contributed by atoms with van der Waals surface area (Å²) < 4.78 is 23.4. The maximum Gasteiger partial charge on any atom is 0.317 e. The SMILES string of the molecule is CN(CCC(Oc1ccc(Oc2ccc3c(c2)OCCO3)cc1)c1ccccc1)CC(=O)O. The van der Waals surface area contributed by atoms with Crippen LogP contribution in [0.4, 0.5) is 0 Å². The molecule has 1 aliphatic rings. The van der Waals surface area contributed by atoms with Crippen molar-refractivity contribution in [3.8, 4) is 28.7 Å². The van der Waals surface area contributed by atoms with E-state index in [4.69, 9.17) is 24.1 Å². The molecule has 7 nitrogen and oxygen atoms in total. The predicted molar refractivity (Wildman–Crippen MR) is 124 cm³/mol. The summed E-state index contributed by atoms with van der Waals surface area (Å²) in [6, 6.07) is 22.9. The molecular weight excluding hydrogens is 422 g/mol. The molecule has 1 N–H and O–H groups in total. The highest BCUT2D eigenvalue weighted by Crippen LogP contribution is 2.35. The Balaban J connectivity index is 1.41. The summed E-state index contributed by atoms with van der Waals surface area (Å²) >= 11 is 0. The number of carboxylic acids is 1. The van der Waals surface area contributed by atoms with Crippen molar-refractivity contribution >= 4 is 5.97 Å². The molecule has 1 unspecified atom stereocenters. The first-order valence-corrected chi connectivity index (χ1v) is 10.9. The molecule has 0 radical (unpaired) electrons. The number of ether oxygens (including phenoxy) is 4. The van der Waals surface area contributed by atoms with Crippen LogP contribution in [-0.4, -0.2) is 49.3 Å². The van der Waals surface area contributed by atoms with Gasteiger partial charge in [0.1, 0.15) is 36.6 Å². The first-order chi connectivity index (χ1) is 16.1. The van der Waals surface area contributed by atoms with Gasteiger partial charge in [0.15, 0.2) is 11.5 Å². The lowest BCUT2D eigenvalue weighted by Gasteiger charge is -2.22. The lowest BCUT2D eigenvalue weighted by molar-refractivity contribution is -0.138. The summed E-state index contributed by atoms with van der Waals surface area (Å²) in [6.45, 7) is 1.66. The minimum absolute atomic E-state index is 0.00654. The molecule has 1 heterocycles. The second-order valence-corrected chi connectivity index (χ2v) is 7.82. The summed E-state index contributed by atoms with van der Waals surface area (Å²) in [6.07, 6.45) is 0.454. The zero-order valence-corrected chi connectivity index (χ0v) is 18.5. The number of fused-ring (bicyclic) bond motifs is 1. The summed E-state index contributed by atoms with van der Waals surface area (Å²) in [5, 5.41) is 8.99. The Morgan fingerprint density at radius 3 is 2.33 bits per heavy atom. The van der Waals surface area contributed by atoms with Gasteiger partial charge in [-0.05, 0) is 49.0 Å². The number of hydrogen-bond donors (Lipinski definition) is 1. The second-order valence-electron chi connectivity index (χ2n) is 7.82. The van der Waals surface area contributed by atoms with E-state index in [2.05, 4.69) is 0 Å². The van der Waals surface area contributed by atoms with E-state index >= 15 is 0 Å². The molecule has 1 atom stereocenters. The van der Waals surface area contributed by atoms with E-state index in [1.165, 1.54) is 0 Å². The van der Waals surface area contributed by atoms with Crippen LogP contribution >= 0.6 is 0 Å². The molecule has 0 saturated heterocycles. The van der Waals surface area contributed by atoms with Gasteiger partial charge < -0.3 is 24.1 Å². The molecule has 0 spiro atoms. The van der Waals surface area contributed by atoms with E-state index in [1.807, 2.05) is 72.8 Å². The van der Waals surface area contributed by atoms with Crippen LogP contribution in [0.1, 0.15) is 18.1 Å². The van der Waals surface area contributed by atoms with Gasteiger partial charge in [-0.15, -0.1) is 0 Å². The van der Waals surface area contributed by atoms with Crippen molar-refractivity contribution in [3.63, 3.8) is 0 Å². The molecule has 0 saturated carbocycles. The molecule has 3 aromatic carbocycles. The monoisotopic (exact) mass is 449 g/mol. The van der Waals surface area contributed by atoms with Gasteiger partial charge in [-0.2, -0.15) is 0 Å². The third-order valence-corrected chi connectivity index (χ3v) is 5.20. The Hall–Kier alpha value is -3.71. The summed E-state index contributed by atoms with van der Waals surface area (Å²) in [5.74, 6) is 2.60. The van der Waals surface area contributed by atoms with Gasteiger partial charge >= 0.3 is 5.97 Å². The number of nitrogens with zero attached hydrogens (tertiary/aromatic N) is 1. The van der Waals surface area contributed by atoms with Gasteiger partial charge in [-0.25, -0.2) is 0 Å². The van der Waals surface area contributed by atoms with Crippen LogP contribution in [-0.2, 0) is 4.79 Å². The van der Waals surface area contributed by atoms with Crippen molar-refractivity contribution in [2.24, 2.45) is 0 Å². The molecule has 172 valence electrons. The summed E-state index contributed by atoms with van der Waals surface area (Å²) in [4.78, 5) is 12.7. The van der Waals surface area contributed by atoms with Crippen LogP contribution in [0, 0.1) is 0 Å². The highest BCUT2D eigenvalue weighted by atomic mass is 16.6. The zero-order chi connectivity index (χ0) is 23.0. The van der Waals surface area contributed by atoms with E-state index in [-0.39, 0.29) is 12.6 Å². The molecule has 0 bridgehead atoms. The molecule has 1 aliphatic heterocycles. The maximum atomic E-state index is 11.0. The van der Waals surface area contributed by atoms with Gasteiger partial charge in [0.05, 0.1) is 6.54 Å². The largest absolute Gasteiger partial charge is 0.486 e. The molecule has 33 heavy (non-hydrogen) atoms. The number of benzene rings is 3. The van der Waals surface area contributed by atoms with Crippen LogP contribution in [0.25, 0.3) is 0 Å². The number of likely N-dealkylation sites (N-methyl/N-ethyl adjacent to an activating group) is 1. The van der Waals surface area contributed by atoms with Crippen molar-refractivity contribution in [1.29, 1.82) is 0 Å². The van der Waals surface area contributed by atoms with E-state index in [0.717, 1.165) is 11.3 Å². The standard InChI is InChI=1S/C26H27NO6/c1-27(18-26(28)29)14-13-23(19-5-3-2-4-6-19)33-21-9-7-20(8-10-21)32-22-11-12-24-25(17-22)31-16-15-30-24/h2-12,17,23H,13-16,18H2,1H3,(H,28,29). The van der Waals surface area contributed by atoms with Crippen LogP contribution < -0.4 is 18.9 Å². The van der Waals surface area contributed by atoms with E-state index in [0.29, 0.717) is 49.2 Å². The number of hydrogen-bond acceptors (Lipinski definition) is 6. The average Bonchev–Trinajstić information content (AvgIpc) is 2.83. The number of rotatable bonds is 10. The molecule has 0 fully saturated rings. The summed E-state index contributed by atoms with van der Waals surface area (Å²) in [7, 11) is 1.79. The third kappa shape index (κ3) is 6.40. The van der Waals surface area contributed by atoms with Gasteiger partial charge in [-0.1, -0.05) is 30.3 Å². The smallest absolute Gasteiger partial charge is 0.317 e. The van der Waals surface area contributed by atoms with Crippen LogP contribution in [0.5, 0.6) is 28.7 Å². The molecule has 0 aliphatic carbocycles. The van der Waals surface area contributed by atoms with Crippen molar-refractivity contribution in [3.05, 3.63) is 78.4 Å². The third-order valence-electron chi connectivity index (χ3n) is 5.20. The van der Waals surface area contributed by atoms with Crippen LogP contribution in [0.2, 0.25) is 0 Å². The van der Waals surface area contributed by atoms with E-state index in [1.54, 1.807) is 11.9 Å². The molecule has 7 heteroatoms. The maximum absolute atomic E-state index is 11.0. The van der Waals surface area contributed by atoms with Crippen molar-refractivity contribution in [1.82, 2.24) is 4.90 Å². The molecule has 0 aromatic heterocycles. The Morgan fingerprint density at radius 2 is 1.61 bits per heavy atom. The number of aliphatic carboxylic acids is 1. The molecular formula is C26H27NO6. The highest BCUT2D eigenvalue weighted by Gasteiger charge is 2.16. The average molecular weight is 450 g/mol. The van der Waals surface area contributed by atoms with Crippen LogP contribution in [0.3, 0.4) is 0 Å². The fourth-order valence-corrected chi connectivity index (χ4v) is 3.58. The topological polar surface area (TPSA) is 77.5 Å². The quantitative estimate of drug-likeness (QED) is 0.477. The van der Waals surface area contributed by atoms with E-state index < -0.39 is 5.97 Å². The fraction of sp³-hybridized carbons (Fsp3) is 0.269. The fourth-order valence-electron chi connectivity index (χ4n) is 3.58. The number of carbonyl (C=O) groups is 1. The molecule has 3 aromatic rings.